The lowest BCUT2D eigenvalue weighted by molar-refractivity contribution is -0.116. The van der Waals surface area contributed by atoms with Crippen LogP contribution in [0.4, 0.5) is 5.69 Å². The van der Waals surface area contributed by atoms with Crippen LogP contribution in [0.5, 0.6) is 0 Å². The summed E-state index contributed by atoms with van der Waals surface area (Å²) in [6, 6.07) is 16.0. The molecule has 0 spiro atoms. The van der Waals surface area contributed by atoms with Crippen LogP contribution >= 0.6 is 0 Å². The number of hydrogen-bond donors (Lipinski definition) is 0. The zero-order valence-electron chi connectivity index (χ0n) is 16.9. The number of rotatable bonds is 4. The predicted octanol–water partition coefficient (Wildman–Crippen LogP) is 3.07. The molecule has 2 amide bonds. The van der Waals surface area contributed by atoms with Crippen molar-refractivity contribution >= 4 is 23.6 Å². The van der Waals surface area contributed by atoms with E-state index < -0.39 is 0 Å². The van der Waals surface area contributed by atoms with Crippen LogP contribution in [0.3, 0.4) is 0 Å². The van der Waals surface area contributed by atoms with E-state index in [0.29, 0.717) is 6.54 Å². The van der Waals surface area contributed by atoms with E-state index in [-0.39, 0.29) is 11.8 Å². The summed E-state index contributed by atoms with van der Waals surface area (Å²) in [5, 5.41) is 0. The van der Waals surface area contributed by atoms with E-state index in [2.05, 4.69) is 29.2 Å². The average molecular weight is 389 g/mol. The molecule has 0 atom stereocenters. The molecule has 0 aliphatic carbocycles. The normalized spacial score (nSPS) is 17.0. The zero-order chi connectivity index (χ0) is 20.2. The van der Waals surface area contributed by atoms with E-state index in [9.17, 15) is 9.59 Å². The molecule has 4 rings (SSSR count). The van der Waals surface area contributed by atoms with Gasteiger partial charge in [-0.3, -0.25) is 14.5 Å². The summed E-state index contributed by atoms with van der Waals surface area (Å²) in [7, 11) is 0. The third kappa shape index (κ3) is 4.40. The maximum atomic E-state index is 12.9. The van der Waals surface area contributed by atoms with Crippen molar-refractivity contribution in [2.24, 2.45) is 0 Å². The Morgan fingerprint density at radius 2 is 1.72 bits per heavy atom. The van der Waals surface area contributed by atoms with E-state index >= 15 is 0 Å². The third-order valence-corrected chi connectivity index (χ3v) is 5.74. The van der Waals surface area contributed by atoms with E-state index in [1.807, 2.05) is 41.3 Å². The average Bonchev–Trinajstić information content (AvgIpc) is 3.18. The molecule has 1 fully saturated rings. The maximum absolute atomic E-state index is 12.9. The van der Waals surface area contributed by atoms with Gasteiger partial charge in [0.05, 0.1) is 0 Å². The summed E-state index contributed by atoms with van der Waals surface area (Å²) >= 11 is 0. The lowest BCUT2D eigenvalue weighted by atomic mass is 10.1. The van der Waals surface area contributed by atoms with Gasteiger partial charge in [0, 0.05) is 57.4 Å². The largest absolute Gasteiger partial charge is 0.336 e. The number of piperazine rings is 1. The van der Waals surface area contributed by atoms with Gasteiger partial charge in [0.1, 0.15) is 0 Å². The van der Waals surface area contributed by atoms with Gasteiger partial charge in [-0.15, -0.1) is 0 Å². The molecule has 0 saturated carbocycles. The molecule has 2 aliphatic rings. The molecular weight excluding hydrogens is 362 g/mol. The summed E-state index contributed by atoms with van der Waals surface area (Å²) in [6.45, 7) is 6.45. The Hall–Kier alpha value is -2.92. The Labute approximate surface area is 172 Å². The quantitative estimate of drug-likeness (QED) is 0.807. The number of benzene rings is 2. The number of hydrogen-bond acceptors (Lipinski definition) is 3. The molecule has 2 aromatic carbocycles. The summed E-state index contributed by atoms with van der Waals surface area (Å²) in [5.74, 6) is 0.147. The van der Waals surface area contributed by atoms with E-state index in [1.165, 1.54) is 5.56 Å². The van der Waals surface area contributed by atoms with Gasteiger partial charge in [-0.05, 0) is 35.7 Å². The van der Waals surface area contributed by atoms with Gasteiger partial charge in [0.25, 0.3) is 5.91 Å². The highest BCUT2D eigenvalue weighted by atomic mass is 16.2. The second-order valence-electron chi connectivity index (χ2n) is 7.67. The fourth-order valence-corrected chi connectivity index (χ4v) is 4.08. The van der Waals surface area contributed by atoms with Crippen LogP contribution in [-0.2, 0) is 11.2 Å². The molecule has 5 heteroatoms. The Kier molecular flexibility index (Phi) is 5.76. The molecule has 0 N–H and O–H groups in total. The highest BCUT2D eigenvalue weighted by Gasteiger charge is 2.26. The first-order valence-electron chi connectivity index (χ1n) is 10.3. The molecule has 150 valence electrons. The molecular formula is C24H27N3O2. The molecule has 2 aliphatic heterocycles. The van der Waals surface area contributed by atoms with Crippen molar-refractivity contribution < 1.29 is 9.59 Å². The first kappa shape index (κ1) is 19.4. The zero-order valence-corrected chi connectivity index (χ0v) is 16.9. The number of amides is 2. The number of anilines is 1. The smallest absolute Gasteiger partial charge is 0.253 e. The lowest BCUT2D eigenvalue weighted by Gasteiger charge is -2.34. The topological polar surface area (TPSA) is 43.9 Å². The summed E-state index contributed by atoms with van der Waals surface area (Å²) < 4.78 is 0. The standard InChI is InChI=1S/C24H27N3O2/c1-19(28)27-13-11-21-18-22(9-10-23(21)27)24(29)26-16-14-25(15-17-26)12-5-8-20-6-3-2-4-7-20/h2-10,18H,11-17H2,1H3/b8-5+. The van der Waals surface area contributed by atoms with Crippen LogP contribution in [0, 0.1) is 0 Å². The van der Waals surface area contributed by atoms with E-state index in [1.54, 1.807) is 11.8 Å². The van der Waals surface area contributed by atoms with Gasteiger partial charge in [0.2, 0.25) is 5.91 Å². The number of carbonyl (C=O) groups excluding carboxylic acids is 2. The molecule has 2 aromatic rings. The Morgan fingerprint density at radius 3 is 2.45 bits per heavy atom. The van der Waals surface area contributed by atoms with Crippen LogP contribution in [0.1, 0.15) is 28.4 Å². The van der Waals surface area contributed by atoms with Gasteiger partial charge in [-0.2, -0.15) is 0 Å². The van der Waals surface area contributed by atoms with Gasteiger partial charge in [0.15, 0.2) is 0 Å². The minimum atomic E-state index is 0.0558. The van der Waals surface area contributed by atoms with E-state index in [4.69, 9.17) is 0 Å². The number of nitrogens with zero attached hydrogens (tertiary/aromatic N) is 3. The monoisotopic (exact) mass is 389 g/mol. The van der Waals surface area contributed by atoms with Crippen molar-refractivity contribution in [1.29, 1.82) is 0 Å². The first-order valence-corrected chi connectivity index (χ1v) is 10.3. The number of carbonyl (C=O) groups is 2. The maximum Gasteiger partial charge on any atom is 0.253 e. The second kappa shape index (κ2) is 8.62. The summed E-state index contributed by atoms with van der Waals surface area (Å²) in [6.07, 6.45) is 5.15. The van der Waals surface area contributed by atoms with Crippen molar-refractivity contribution in [1.82, 2.24) is 9.80 Å². The fourth-order valence-electron chi connectivity index (χ4n) is 4.08. The SMILES string of the molecule is CC(=O)N1CCc2cc(C(=O)N3CCN(C/C=C/c4ccccc4)CC3)ccc21. The summed E-state index contributed by atoms with van der Waals surface area (Å²) in [5.41, 5.74) is 3.98. The van der Waals surface area contributed by atoms with Gasteiger partial charge in [-0.25, -0.2) is 0 Å². The highest BCUT2D eigenvalue weighted by Crippen LogP contribution is 2.29. The van der Waals surface area contributed by atoms with Crippen LogP contribution in [0.2, 0.25) is 0 Å². The Bertz CT molecular complexity index is 915. The van der Waals surface area contributed by atoms with Crippen LogP contribution in [-0.4, -0.2) is 60.9 Å². The van der Waals surface area contributed by atoms with Crippen LogP contribution in [0.25, 0.3) is 6.08 Å². The Balaban J connectivity index is 1.31. The van der Waals surface area contributed by atoms with Gasteiger partial charge in [-0.1, -0.05) is 42.5 Å². The van der Waals surface area contributed by atoms with Crippen LogP contribution in [0.15, 0.2) is 54.6 Å². The molecule has 0 radical (unpaired) electrons. The van der Waals surface area contributed by atoms with E-state index in [0.717, 1.165) is 56.0 Å². The van der Waals surface area contributed by atoms with Crippen LogP contribution < -0.4 is 4.90 Å². The highest BCUT2D eigenvalue weighted by molar-refractivity contribution is 5.98. The molecule has 2 heterocycles. The molecule has 0 unspecified atom stereocenters. The van der Waals surface area contributed by atoms with Gasteiger partial charge < -0.3 is 9.80 Å². The van der Waals surface area contributed by atoms with Crippen molar-refractivity contribution in [2.45, 2.75) is 13.3 Å². The molecule has 29 heavy (non-hydrogen) atoms. The molecule has 0 aromatic heterocycles. The molecule has 5 nitrogen and oxygen atoms in total. The van der Waals surface area contributed by atoms with Crippen molar-refractivity contribution in [2.75, 3.05) is 44.2 Å². The first-order chi connectivity index (χ1) is 14.1. The van der Waals surface area contributed by atoms with Crippen molar-refractivity contribution in [3.63, 3.8) is 0 Å². The molecule has 1 saturated heterocycles. The minimum Gasteiger partial charge on any atom is -0.336 e. The minimum absolute atomic E-state index is 0.0558. The second-order valence-corrected chi connectivity index (χ2v) is 7.67. The number of fused-ring (bicyclic) bond motifs is 1. The van der Waals surface area contributed by atoms with Crippen molar-refractivity contribution in [3.05, 3.63) is 71.3 Å². The molecule has 0 bridgehead atoms. The van der Waals surface area contributed by atoms with Gasteiger partial charge >= 0.3 is 0 Å². The predicted molar refractivity (Wildman–Crippen MR) is 116 cm³/mol. The van der Waals surface area contributed by atoms with Crippen molar-refractivity contribution in [3.8, 4) is 0 Å². The third-order valence-electron chi connectivity index (χ3n) is 5.74. The fraction of sp³-hybridized carbons (Fsp3) is 0.333. The summed E-state index contributed by atoms with van der Waals surface area (Å²) in [4.78, 5) is 30.7. The lowest BCUT2D eigenvalue weighted by Crippen LogP contribution is -2.48. The Morgan fingerprint density at radius 1 is 0.966 bits per heavy atom.